The Morgan fingerprint density at radius 1 is 1.21 bits per heavy atom. The van der Waals surface area contributed by atoms with Crippen molar-refractivity contribution in [2.75, 3.05) is 31.1 Å². The number of hydrogen-bond acceptors (Lipinski definition) is 3. The number of allylic oxidation sites excluding steroid dienone is 1. The van der Waals surface area contributed by atoms with E-state index in [-0.39, 0.29) is 0 Å². The zero-order valence-corrected chi connectivity index (χ0v) is 16.9. The molecule has 1 saturated heterocycles. The molecular formula is C21H24F3N3S. The van der Waals surface area contributed by atoms with Crippen LogP contribution in [0.4, 0.5) is 18.9 Å². The number of benzene rings is 1. The van der Waals surface area contributed by atoms with Crippen molar-refractivity contribution in [1.82, 2.24) is 9.88 Å². The Kier molecular flexibility index (Phi) is 6.23. The second-order valence-corrected chi connectivity index (χ2v) is 7.54. The number of fused-ring (bicyclic) bond motifs is 1. The first-order chi connectivity index (χ1) is 13.3. The van der Waals surface area contributed by atoms with Crippen LogP contribution < -0.4 is 4.90 Å². The quantitative estimate of drug-likeness (QED) is 0.505. The maximum absolute atomic E-state index is 13.0. The fraction of sp³-hybridized carbons (Fsp3) is 0.429. The molecule has 1 fully saturated rings. The van der Waals surface area contributed by atoms with Gasteiger partial charge >= 0.3 is 6.18 Å². The van der Waals surface area contributed by atoms with Crippen molar-refractivity contribution in [3.05, 3.63) is 48.2 Å². The van der Waals surface area contributed by atoms with E-state index in [9.17, 15) is 13.2 Å². The highest BCUT2D eigenvalue weighted by Gasteiger charge is 2.31. The van der Waals surface area contributed by atoms with Gasteiger partial charge in [0.2, 0.25) is 0 Å². The van der Waals surface area contributed by atoms with E-state index in [0.29, 0.717) is 11.4 Å². The van der Waals surface area contributed by atoms with Crippen molar-refractivity contribution in [3.63, 3.8) is 0 Å². The Hall–Kier alpha value is -2.15. The molecule has 0 aliphatic carbocycles. The summed E-state index contributed by atoms with van der Waals surface area (Å²) in [6.45, 7) is 7.40. The highest BCUT2D eigenvalue weighted by atomic mass is 32.1. The van der Waals surface area contributed by atoms with Gasteiger partial charge in [-0.15, -0.1) is 0 Å². The van der Waals surface area contributed by atoms with Crippen molar-refractivity contribution >= 4 is 33.8 Å². The maximum atomic E-state index is 13.0. The normalized spacial score (nSPS) is 16.8. The first-order valence-electron chi connectivity index (χ1n) is 9.47. The van der Waals surface area contributed by atoms with Crippen LogP contribution in [0.1, 0.15) is 25.8 Å². The predicted molar refractivity (Wildman–Crippen MR) is 112 cm³/mol. The summed E-state index contributed by atoms with van der Waals surface area (Å²) in [7, 11) is 0. The molecule has 1 aromatic carbocycles. The van der Waals surface area contributed by atoms with Gasteiger partial charge in [0.1, 0.15) is 4.99 Å². The number of pyridine rings is 1. The van der Waals surface area contributed by atoms with Gasteiger partial charge in [-0.3, -0.25) is 4.98 Å². The Bertz CT molecular complexity index is 871. The molecule has 2 aromatic rings. The molecule has 3 rings (SSSR count). The van der Waals surface area contributed by atoms with Gasteiger partial charge in [0.05, 0.1) is 11.1 Å². The number of rotatable bonds is 4. The van der Waals surface area contributed by atoms with E-state index in [0.717, 1.165) is 60.8 Å². The zero-order chi connectivity index (χ0) is 20.3. The molecule has 28 heavy (non-hydrogen) atoms. The third kappa shape index (κ3) is 4.63. The van der Waals surface area contributed by atoms with E-state index < -0.39 is 11.7 Å². The molecule has 1 unspecified atom stereocenters. The number of hydrogen-bond donors (Lipinski definition) is 0. The monoisotopic (exact) mass is 407 g/mol. The van der Waals surface area contributed by atoms with Crippen LogP contribution in [0, 0.1) is 5.92 Å². The molecule has 0 radical (unpaired) electrons. The summed E-state index contributed by atoms with van der Waals surface area (Å²) in [6, 6.07) is 5.63. The van der Waals surface area contributed by atoms with Gasteiger partial charge in [-0.05, 0) is 30.2 Å². The number of piperazine rings is 1. The maximum Gasteiger partial charge on any atom is 0.416 e. The number of anilines is 1. The van der Waals surface area contributed by atoms with Crippen molar-refractivity contribution in [2.24, 2.45) is 5.92 Å². The third-order valence-electron chi connectivity index (χ3n) is 5.19. The van der Waals surface area contributed by atoms with Crippen molar-refractivity contribution in [2.45, 2.75) is 26.4 Å². The van der Waals surface area contributed by atoms with E-state index in [1.165, 1.54) is 6.07 Å². The minimum atomic E-state index is -4.37. The average Bonchev–Trinajstić information content (AvgIpc) is 2.70. The lowest BCUT2D eigenvalue weighted by molar-refractivity contribution is -0.137. The summed E-state index contributed by atoms with van der Waals surface area (Å²) in [5.74, 6) is 0.504. The second kappa shape index (κ2) is 8.47. The second-order valence-electron chi connectivity index (χ2n) is 7.12. The number of alkyl halides is 3. The zero-order valence-electron chi connectivity index (χ0n) is 16.0. The van der Waals surface area contributed by atoms with E-state index in [1.807, 2.05) is 12.1 Å². The number of aromatic nitrogens is 1. The number of nitrogens with zero attached hydrogens (tertiary/aromatic N) is 3. The molecule has 1 aliphatic rings. The van der Waals surface area contributed by atoms with Crippen LogP contribution in [0.3, 0.4) is 0 Å². The first-order valence-corrected chi connectivity index (χ1v) is 9.88. The van der Waals surface area contributed by atoms with Crippen molar-refractivity contribution in [3.8, 4) is 0 Å². The van der Waals surface area contributed by atoms with E-state index in [2.05, 4.69) is 34.7 Å². The highest BCUT2D eigenvalue weighted by Crippen LogP contribution is 2.33. The molecule has 3 nitrogen and oxygen atoms in total. The first kappa shape index (κ1) is 20.6. The largest absolute Gasteiger partial charge is 0.416 e. The Labute approximate surface area is 168 Å². The van der Waals surface area contributed by atoms with Crippen molar-refractivity contribution < 1.29 is 13.2 Å². The van der Waals surface area contributed by atoms with Gasteiger partial charge in [0.15, 0.2) is 0 Å². The summed E-state index contributed by atoms with van der Waals surface area (Å²) in [4.78, 5) is 9.34. The smallest absolute Gasteiger partial charge is 0.367 e. The summed E-state index contributed by atoms with van der Waals surface area (Å²) < 4.78 is 38.9. The molecule has 0 spiro atoms. The van der Waals surface area contributed by atoms with Gasteiger partial charge in [-0.2, -0.15) is 13.2 Å². The molecule has 7 heteroatoms. The fourth-order valence-electron chi connectivity index (χ4n) is 3.24. The summed E-state index contributed by atoms with van der Waals surface area (Å²) >= 11 is 5.53. The Morgan fingerprint density at radius 3 is 2.57 bits per heavy atom. The summed E-state index contributed by atoms with van der Waals surface area (Å²) in [5, 5.41) is 0.739. The molecule has 0 N–H and O–H groups in total. The van der Waals surface area contributed by atoms with Gasteiger partial charge in [-0.25, -0.2) is 0 Å². The van der Waals surface area contributed by atoms with Crippen LogP contribution in [-0.2, 0) is 6.18 Å². The Morgan fingerprint density at radius 2 is 1.93 bits per heavy atom. The summed E-state index contributed by atoms with van der Waals surface area (Å²) in [6.07, 6.45) is 2.45. The number of halogens is 3. The fourth-order valence-corrected chi connectivity index (χ4v) is 3.50. The standard InChI is InChI=1S/C21H24F3N3S/c1-3-15(2)4-7-20(28)27-12-10-26(11-13-27)19-8-9-25-18-14-16(21(22,23)24)5-6-17(18)19/h4-9,14-15H,3,10-13H2,1-2H3. The van der Waals surface area contributed by atoms with Gasteiger partial charge in [0.25, 0.3) is 0 Å². The lowest BCUT2D eigenvalue weighted by Gasteiger charge is -2.37. The molecule has 1 aromatic heterocycles. The molecule has 0 saturated carbocycles. The Balaban J connectivity index is 1.73. The molecule has 0 amide bonds. The van der Waals surface area contributed by atoms with Crippen LogP contribution in [0.25, 0.3) is 10.9 Å². The molecular weight excluding hydrogens is 383 g/mol. The van der Waals surface area contributed by atoms with Crippen LogP contribution in [0.15, 0.2) is 42.6 Å². The van der Waals surface area contributed by atoms with Crippen LogP contribution in [0.2, 0.25) is 0 Å². The average molecular weight is 408 g/mol. The van der Waals surface area contributed by atoms with E-state index in [1.54, 1.807) is 6.20 Å². The molecule has 2 heterocycles. The highest BCUT2D eigenvalue weighted by molar-refractivity contribution is 7.80. The van der Waals surface area contributed by atoms with E-state index in [4.69, 9.17) is 12.2 Å². The predicted octanol–water partition coefficient (Wildman–Crippen LogP) is 5.31. The van der Waals surface area contributed by atoms with E-state index >= 15 is 0 Å². The lowest BCUT2D eigenvalue weighted by Crippen LogP contribution is -2.48. The minimum absolute atomic E-state index is 0.363. The van der Waals surface area contributed by atoms with Gasteiger partial charge < -0.3 is 9.80 Å². The van der Waals surface area contributed by atoms with Crippen LogP contribution in [0.5, 0.6) is 0 Å². The van der Waals surface area contributed by atoms with Gasteiger partial charge in [-0.1, -0.05) is 44.6 Å². The minimum Gasteiger partial charge on any atom is -0.367 e. The molecule has 0 bridgehead atoms. The molecule has 1 atom stereocenters. The molecule has 150 valence electrons. The summed E-state index contributed by atoms with van der Waals surface area (Å²) in [5.41, 5.74) is 0.606. The number of thiocarbonyl (C=S) groups is 1. The topological polar surface area (TPSA) is 19.4 Å². The third-order valence-corrected chi connectivity index (χ3v) is 5.58. The van der Waals surface area contributed by atoms with Gasteiger partial charge in [0, 0.05) is 43.4 Å². The SMILES string of the molecule is CCC(C)C=CC(=S)N1CCN(c2ccnc3cc(C(F)(F)F)ccc23)CC1. The van der Waals surface area contributed by atoms with Crippen LogP contribution >= 0.6 is 12.2 Å². The molecule has 1 aliphatic heterocycles. The van der Waals surface area contributed by atoms with Crippen LogP contribution in [-0.4, -0.2) is 41.1 Å². The van der Waals surface area contributed by atoms with Crippen molar-refractivity contribution in [1.29, 1.82) is 0 Å². The lowest BCUT2D eigenvalue weighted by atomic mass is 10.1.